The van der Waals surface area contributed by atoms with Crippen molar-refractivity contribution >= 4 is 15.8 Å². The molecule has 7 heteroatoms. The molecule has 0 fully saturated rings. The predicted octanol–water partition coefficient (Wildman–Crippen LogP) is 1.25. The zero-order chi connectivity index (χ0) is 14.8. The van der Waals surface area contributed by atoms with E-state index in [0.717, 1.165) is 11.1 Å². The number of sulfonamides is 1. The average molecular weight is 294 g/mol. The van der Waals surface area contributed by atoms with Gasteiger partial charge in [0, 0.05) is 25.9 Å². The van der Waals surface area contributed by atoms with Gasteiger partial charge in [-0.25, -0.2) is 8.42 Å². The summed E-state index contributed by atoms with van der Waals surface area (Å²) in [5, 5.41) is 7.04. The number of benzene rings is 1. The highest BCUT2D eigenvalue weighted by Crippen LogP contribution is 2.18. The number of hydrogen-bond donors (Lipinski definition) is 2. The summed E-state index contributed by atoms with van der Waals surface area (Å²) in [6.07, 6.45) is 1.68. The van der Waals surface area contributed by atoms with Crippen LogP contribution >= 0.6 is 0 Å². The fourth-order valence-corrected chi connectivity index (χ4v) is 2.91. The number of nitrogens with zero attached hydrogens (tertiary/aromatic N) is 2. The van der Waals surface area contributed by atoms with Crippen molar-refractivity contribution in [3.63, 3.8) is 0 Å². The number of aryl methyl sites for hydroxylation is 2. The van der Waals surface area contributed by atoms with Crippen molar-refractivity contribution in [1.29, 1.82) is 0 Å². The van der Waals surface area contributed by atoms with Crippen molar-refractivity contribution in [2.75, 3.05) is 11.8 Å². The fourth-order valence-electron chi connectivity index (χ4n) is 1.86. The third-order valence-electron chi connectivity index (χ3n) is 2.95. The van der Waals surface area contributed by atoms with Crippen LogP contribution in [0.25, 0.3) is 0 Å². The normalized spacial score (nSPS) is 11.6. The van der Waals surface area contributed by atoms with E-state index in [1.165, 1.54) is 0 Å². The molecule has 1 heterocycles. The van der Waals surface area contributed by atoms with Crippen molar-refractivity contribution in [3.8, 4) is 0 Å². The van der Waals surface area contributed by atoms with Gasteiger partial charge in [-0.1, -0.05) is 6.07 Å². The van der Waals surface area contributed by atoms with E-state index in [9.17, 15) is 8.42 Å². The van der Waals surface area contributed by atoms with Crippen LogP contribution in [0, 0.1) is 6.92 Å². The second-order valence-electron chi connectivity index (χ2n) is 4.60. The lowest BCUT2D eigenvalue weighted by atomic mass is 10.1. The Morgan fingerprint density at radius 1 is 1.30 bits per heavy atom. The molecule has 0 radical (unpaired) electrons. The van der Waals surface area contributed by atoms with Gasteiger partial charge in [0.05, 0.1) is 4.90 Å². The van der Waals surface area contributed by atoms with E-state index in [4.69, 9.17) is 0 Å². The minimum atomic E-state index is -3.61. The van der Waals surface area contributed by atoms with Gasteiger partial charge in [0.15, 0.2) is 5.82 Å². The Bertz CT molecular complexity index is 707. The molecule has 0 aliphatic rings. The first-order valence-corrected chi connectivity index (χ1v) is 7.67. The van der Waals surface area contributed by atoms with Crippen molar-refractivity contribution in [1.82, 2.24) is 15.1 Å². The van der Waals surface area contributed by atoms with Gasteiger partial charge in [0.1, 0.15) is 0 Å². The van der Waals surface area contributed by atoms with E-state index in [1.54, 1.807) is 42.2 Å². The molecule has 0 atom stereocenters. The zero-order valence-electron chi connectivity index (χ0n) is 11.7. The van der Waals surface area contributed by atoms with E-state index >= 15 is 0 Å². The molecule has 1 aromatic carbocycles. The Labute approximate surface area is 118 Å². The summed E-state index contributed by atoms with van der Waals surface area (Å²) in [5.41, 5.74) is 2.01. The second kappa shape index (κ2) is 5.64. The summed E-state index contributed by atoms with van der Waals surface area (Å²) < 4.78 is 28.6. The zero-order valence-corrected chi connectivity index (χ0v) is 12.5. The van der Waals surface area contributed by atoms with Crippen LogP contribution in [0.3, 0.4) is 0 Å². The van der Waals surface area contributed by atoms with E-state index in [0.29, 0.717) is 12.4 Å². The summed E-state index contributed by atoms with van der Waals surface area (Å²) >= 11 is 0. The van der Waals surface area contributed by atoms with Gasteiger partial charge in [0.2, 0.25) is 0 Å². The Kier molecular flexibility index (Phi) is 4.10. The third-order valence-corrected chi connectivity index (χ3v) is 4.30. The molecule has 0 saturated heterocycles. The topological polar surface area (TPSA) is 76.0 Å². The SMILES string of the molecule is CNCc1cc(S(=O)(=O)Nc2ccn(C)n2)ccc1C. The Balaban J connectivity index is 2.31. The number of nitrogens with one attached hydrogen (secondary N) is 2. The largest absolute Gasteiger partial charge is 0.316 e. The van der Waals surface area contributed by atoms with E-state index < -0.39 is 10.0 Å². The first kappa shape index (κ1) is 14.5. The lowest BCUT2D eigenvalue weighted by molar-refractivity contribution is 0.600. The summed E-state index contributed by atoms with van der Waals surface area (Å²) in [5.74, 6) is 0.309. The van der Waals surface area contributed by atoms with Crippen LogP contribution in [0.4, 0.5) is 5.82 Å². The third kappa shape index (κ3) is 3.17. The molecule has 2 rings (SSSR count). The molecule has 20 heavy (non-hydrogen) atoms. The lowest BCUT2D eigenvalue weighted by Gasteiger charge is -2.10. The number of aromatic nitrogens is 2. The Morgan fingerprint density at radius 3 is 2.65 bits per heavy atom. The molecule has 2 aromatic rings. The van der Waals surface area contributed by atoms with Crippen molar-refractivity contribution in [2.24, 2.45) is 7.05 Å². The second-order valence-corrected chi connectivity index (χ2v) is 6.28. The van der Waals surface area contributed by atoms with Gasteiger partial charge >= 0.3 is 0 Å². The van der Waals surface area contributed by atoms with E-state index in [1.807, 2.05) is 14.0 Å². The minimum absolute atomic E-state index is 0.235. The quantitative estimate of drug-likeness (QED) is 0.870. The standard InChI is InChI=1S/C13H18N4O2S/c1-10-4-5-12(8-11(10)9-14-2)20(18,19)16-13-6-7-17(3)15-13/h4-8,14H,9H2,1-3H3,(H,15,16). The first-order valence-electron chi connectivity index (χ1n) is 6.19. The maximum atomic E-state index is 12.3. The number of rotatable bonds is 5. The van der Waals surface area contributed by atoms with E-state index in [-0.39, 0.29) is 4.90 Å². The smallest absolute Gasteiger partial charge is 0.263 e. The highest BCUT2D eigenvalue weighted by Gasteiger charge is 2.16. The fraction of sp³-hybridized carbons (Fsp3) is 0.308. The maximum Gasteiger partial charge on any atom is 0.263 e. The molecule has 2 N–H and O–H groups in total. The van der Waals surface area contributed by atoms with Crippen LogP contribution in [-0.2, 0) is 23.6 Å². The molecule has 0 amide bonds. The van der Waals surface area contributed by atoms with Crippen molar-refractivity contribution in [3.05, 3.63) is 41.6 Å². The molecule has 0 saturated carbocycles. The lowest BCUT2D eigenvalue weighted by Crippen LogP contribution is -2.15. The van der Waals surface area contributed by atoms with Crippen molar-refractivity contribution in [2.45, 2.75) is 18.4 Å². The highest BCUT2D eigenvalue weighted by atomic mass is 32.2. The molecule has 6 nitrogen and oxygen atoms in total. The van der Waals surface area contributed by atoms with Crippen LogP contribution < -0.4 is 10.0 Å². The Morgan fingerprint density at radius 2 is 2.05 bits per heavy atom. The van der Waals surface area contributed by atoms with Crippen LogP contribution in [0.5, 0.6) is 0 Å². The molecule has 1 aromatic heterocycles. The van der Waals surface area contributed by atoms with Crippen LogP contribution in [-0.4, -0.2) is 25.2 Å². The average Bonchev–Trinajstić information content (AvgIpc) is 2.77. The summed E-state index contributed by atoms with van der Waals surface area (Å²) in [6.45, 7) is 2.58. The molecular formula is C13H18N4O2S. The molecule has 0 bridgehead atoms. The van der Waals surface area contributed by atoms with E-state index in [2.05, 4.69) is 15.1 Å². The van der Waals surface area contributed by atoms with Crippen LogP contribution in [0.1, 0.15) is 11.1 Å². The van der Waals surface area contributed by atoms with Gasteiger partial charge in [-0.2, -0.15) is 5.10 Å². The van der Waals surface area contributed by atoms with Gasteiger partial charge in [-0.3, -0.25) is 9.40 Å². The highest BCUT2D eigenvalue weighted by molar-refractivity contribution is 7.92. The van der Waals surface area contributed by atoms with Gasteiger partial charge in [-0.15, -0.1) is 0 Å². The summed E-state index contributed by atoms with van der Waals surface area (Å²) in [4.78, 5) is 0.235. The molecule has 0 aliphatic carbocycles. The minimum Gasteiger partial charge on any atom is -0.316 e. The summed E-state index contributed by atoms with van der Waals surface area (Å²) in [7, 11) is -0.0542. The summed E-state index contributed by atoms with van der Waals surface area (Å²) in [6, 6.07) is 6.69. The van der Waals surface area contributed by atoms with Gasteiger partial charge < -0.3 is 5.32 Å². The molecule has 0 unspecified atom stereocenters. The van der Waals surface area contributed by atoms with Gasteiger partial charge in [0.25, 0.3) is 10.0 Å². The van der Waals surface area contributed by atoms with Gasteiger partial charge in [-0.05, 0) is 37.2 Å². The van der Waals surface area contributed by atoms with Crippen LogP contribution in [0.15, 0.2) is 35.4 Å². The Hall–Kier alpha value is -1.86. The monoisotopic (exact) mass is 294 g/mol. The molecule has 108 valence electrons. The van der Waals surface area contributed by atoms with Crippen molar-refractivity contribution < 1.29 is 8.42 Å². The molecular weight excluding hydrogens is 276 g/mol. The molecule has 0 aliphatic heterocycles. The van der Waals surface area contributed by atoms with Crippen LogP contribution in [0.2, 0.25) is 0 Å². The first-order chi connectivity index (χ1) is 9.42. The number of hydrogen-bond acceptors (Lipinski definition) is 4. The number of anilines is 1. The predicted molar refractivity (Wildman–Crippen MR) is 78.0 cm³/mol. The molecule has 0 spiro atoms. The maximum absolute atomic E-state index is 12.3.